The lowest BCUT2D eigenvalue weighted by Crippen LogP contribution is -2.09. The maximum Gasteiger partial charge on any atom is 0.343 e. The topological polar surface area (TPSA) is 118 Å². The fraction of sp³-hybridized carbons (Fsp3) is 0.118. The van der Waals surface area contributed by atoms with E-state index in [-0.39, 0.29) is 22.7 Å². The van der Waals surface area contributed by atoms with Crippen molar-refractivity contribution >= 4 is 11.7 Å². The van der Waals surface area contributed by atoms with Crippen molar-refractivity contribution in [3.05, 3.63) is 64.0 Å². The van der Waals surface area contributed by atoms with Gasteiger partial charge in [0.05, 0.1) is 17.6 Å². The van der Waals surface area contributed by atoms with Crippen LogP contribution in [0.4, 0.5) is 5.69 Å². The third-order valence-electron chi connectivity index (χ3n) is 3.46. The molecule has 0 fully saturated rings. The Morgan fingerprint density at radius 3 is 2.50 bits per heavy atom. The van der Waals surface area contributed by atoms with Crippen LogP contribution in [0.3, 0.4) is 0 Å². The molecule has 9 nitrogen and oxygen atoms in total. The van der Waals surface area contributed by atoms with Gasteiger partial charge in [0.15, 0.2) is 5.75 Å². The minimum absolute atomic E-state index is 0.0374. The monoisotopic (exact) mass is 355 g/mol. The summed E-state index contributed by atoms with van der Waals surface area (Å²) in [7, 11) is 1.31. The first kappa shape index (κ1) is 17.1. The van der Waals surface area contributed by atoms with Crippen molar-refractivity contribution in [1.82, 2.24) is 10.1 Å². The lowest BCUT2D eigenvalue weighted by molar-refractivity contribution is -0.385. The third kappa shape index (κ3) is 3.51. The molecule has 0 amide bonds. The molecule has 3 aromatic rings. The number of carbonyl (C=O) groups excluding carboxylic acids is 1. The predicted molar refractivity (Wildman–Crippen MR) is 89.1 cm³/mol. The van der Waals surface area contributed by atoms with E-state index in [1.165, 1.54) is 19.2 Å². The number of esters is 1. The normalized spacial score (nSPS) is 10.4. The zero-order valence-electron chi connectivity index (χ0n) is 13.8. The van der Waals surface area contributed by atoms with Gasteiger partial charge in [-0.3, -0.25) is 10.1 Å². The van der Waals surface area contributed by atoms with E-state index >= 15 is 0 Å². The van der Waals surface area contributed by atoms with Crippen molar-refractivity contribution in [1.29, 1.82) is 0 Å². The van der Waals surface area contributed by atoms with Gasteiger partial charge in [-0.2, -0.15) is 4.98 Å². The number of rotatable bonds is 5. The first-order valence-corrected chi connectivity index (χ1v) is 7.43. The highest BCUT2D eigenvalue weighted by atomic mass is 16.6. The molecule has 3 rings (SSSR count). The SMILES string of the molecule is COc1ccc(C(=O)Oc2ccc(-c3noc(C)n3)cc2)cc1[N+](=O)[O-]. The molecule has 0 aliphatic rings. The molecular formula is C17H13N3O6. The highest BCUT2D eigenvalue weighted by molar-refractivity contribution is 5.92. The van der Waals surface area contributed by atoms with Crippen LogP contribution >= 0.6 is 0 Å². The van der Waals surface area contributed by atoms with E-state index in [0.29, 0.717) is 17.3 Å². The van der Waals surface area contributed by atoms with Crippen molar-refractivity contribution in [3.8, 4) is 22.9 Å². The van der Waals surface area contributed by atoms with Crippen LogP contribution in [-0.4, -0.2) is 28.1 Å². The highest BCUT2D eigenvalue weighted by Gasteiger charge is 2.19. The van der Waals surface area contributed by atoms with Gasteiger partial charge < -0.3 is 14.0 Å². The van der Waals surface area contributed by atoms with E-state index in [1.54, 1.807) is 31.2 Å². The molecule has 0 spiro atoms. The molecule has 0 bridgehead atoms. The molecule has 2 aromatic carbocycles. The number of nitro benzene ring substituents is 1. The number of nitro groups is 1. The number of hydrogen-bond donors (Lipinski definition) is 0. The maximum atomic E-state index is 12.2. The van der Waals surface area contributed by atoms with Crippen molar-refractivity contribution < 1.29 is 23.7 Å². The number of carbonyl (C=O) groups is 1. The van der Waals surface area contributed by atoms with Crippen LogP contribution in [-0.2, 0) is 0 Å². The van der Waals surface area contributed by atoms with Gasteiger partial charge in [-0.15, -0.1) is 0 Å². The summed E-state index contributed by atoms with van der Waals surface area (Å²) in [6.45, 7) is 1.68. The summed E-state index contributed by atoms with van der Waals surface area (Å²) in [6, 6.07) is 10.3. The molecule has 9 heteroatoms. The van der Waals surface area contributed by atoms with E-state index in [9.17, 15) is 14.9 Å². The maximum absolute atomic E-state index is 12.2. The van der Waals surface area contributed by atoms with Gasteiger partial charge in [0.1, 0.15) is 5.75 Å². The van der Waals surface area contributed by atoms with Gasteiger partial charge in [-0.05, 0) is 36.4 Å². The molecule has 0 saturated heterocycles. The highest BCUT2D eigenvalue weighted by Crippen LogP contribution is 2.28. The Morgan fingerprint density at radius 2 is 1.92 bits per heavy atom. The number of benzene rings is 2. The smallest absolute Gasteiger partial charge is 0.343 e. The molecule has 1 heterocycles. The first-order chi connectivity index (χ1) is 12.5. The second kappa shape index (κ2) is 7.01. The number of aromatic nitrogens is 2. The lowest BCUT2D eigenvalue weighted by Gasteiger charge is -2.06. The van der Waals surface area contributed by atoms with E-state index in [4.69, 9.17) is 14.0 Å². The summed E-state index contributed by atoms with van der Waals surface area (Å²) in [6.07, 6.45) is 0. The Labute approximate surface area is 147 Å². The zero-order chi connectivity index (χ0) is 18.7. The molecule has 0 unspecified atom stereocenters. The van der Waals surface area contributed by atoms with Crippen LogP contribution in [0.5, 0.6) is 11.5 Å². The van der Waals surface area contributed by atoms with E-state index < -0.39 is 10.9 Å². The van der Waals surface area contributed by atoms with Gasteiger partial charge in [0, 0.05) is 18.6 Å². The van der Waals surface area contributed by atoms with Gasteiger partial charge in [-0.25, -0.2) is 4.79 Å². The van der Waals surface area contributed by atoms with Crippen LogP contribution in [0.1, 0.15) is 16.2 Å². The minimum atomic E-state index is -0.723. The Bertz CT molecular complexity index is 965. The summed E-state index contributed by atoms with van der Waals surface area (Å²) < 4.78 is 15.1. The summed E-state index contributed by atoms with van der Waals surface area (Å²) >= 11 is 0. The lowest BCUT2D eigenvalue weighted by atomic mass is 10.2. The van der Waals surface area contributed by atoms with Crippen LogP contribution in [0.15, 0.2) is 47.0 Å². The molecule has 26 heavy (non-hydrogen) atoms. The quantitative estimate of drug-likeness (QED) is 0.296. The summed E-state index contributed by atoms with van der Waals surface area (Å²) in [4.78, 5) is 26.7. The van der Waals surface area contributed by atoms with Gasteiger partial charge in [-0.1, -0.05) is 5.16 Å². The van der Waals surface area contributed by atoms with Gasteiger partial charge in [0.25, 0.3) is 0 Å². The van der Waals surface area contributed by atoms with E-state index in [0.717, 1.165) is 6.07 Å². The van der Waals surface area contributed by atoms with Crippen LogP contribution in [0, 0.1) is 17.0 Å². The Morgan fingerprint density at radius 1 is 1.19 bits per heavy atom. The molecule has 132 valence electrons. The molecule has 0 atom stereocenters. The summed E-state index contributed by atoms with van der Waals surface area (Å²) in [5, 5.41) is 14.8. The molecule has 0 N–H and O–H groups in total. The van der Waals surface area contributed by atoms with Crippen LogP contribution < -0.4 is 9.47 Å². The van der Waals surface area contributed by atoms with Crippen molar-refractivity contribution in [2.24, 2.45) is 0 Å². The average Bonchev–Trinajstić information content (AvgIpc) is 3.08. The third-order valence-corrected chi connectivity index (χ3v) is 3.46. The number of ether oxygens (including phenoxy) is 2. The summed E-state index contributed by atoms with van der Waals surface area (Å²) in [5.41, 5.74) is 0.418. The minimum Gasteiger partial charge on any atom is -0.490 e. The fourth-order valence-corrected chi connectivity index (χ4v) is 2.21. The molecule has 0 aliphatic heterocycles. The Kier molecular flexibility index (Phi) is 4.61. The molecular weight excluding hydrogens is 342 g/mol. The number of nitrogens with zero attached hydrogens (tertiary/aromatic N) is 3. The van der Waals surface area contributed by atoms with Crippen molar-refractivity contribution in [2.75, 3.05) is 7.11 Å². The first-order valence-electron chi connectivity index (χ1n) is 7.43. The second-order valence-electron chi connectivity index (χ2n) is 5.19. The van der Waals surface area contributed by atoms with Gasteiger partial charge >= 0.3 is 11.7 Å². The molecule has 1 aromatic heterocycles. The standard InChI is InChI=1S/C17H13N3O6/c1-10-18-16(19-26-10)11-3-6-13(7-4-11)25-17(21)12-5-8-15(24-2)14(9-12)20(22)23/h3-9H,1-2H3. The fourth-order valence-electron chi connectivity index (χ4n) is 2.21. The van der Waals surface area contributed by atoms with Crippen LogP contribution in [0.25, 0.3) is 11.4 Å². The van der Waals surface area contributed by atoms with E-state index in [1.807, 2.05) is 0 Å². The largest absolute Gasteiger partial charge is 0.490 e. The zero-order valence-corrected chi connectivity index (χ0v) is 13.8. The second-order valence-corrected chi connectivity index (χ2v) is 5.19. The van der Waals surface area contributed by atoms with Crippen LogP contribution in [0.2, 0.25) is 0 Å². The Balaban J connectivity index is 1.77. The van der Waals surface area contributed by atoms with Crippen molar-refractivity contribution in [3.63, 3.8) is 0 Å². The number of aryl methyl sites for hydroxylation is 1. The average molecular weight is 355 g/mol. The summed E-state index contributed by atoms with van der Waals surface area (Å²) in [5.74, 6) is 0.477. The number of hydrogen-bond acceptors (Lipinski definition) is 8. The van der Waals surface area contributed by atoms with Gasteiger partial charge in [0.2, 0.25) is 11.7 Å². The molecule has 0 radical (unpaired) electrons. The van der Waals surface area contributed by atoms with Crippen molar-refractivity contribution in [2.45, 2.75) is 6.92 Å². The molecule has 0 saturated carbocycles. The predicted octanol–water partition coefficient (Wildman–Crippen LogP) is 3.18. The Hall–Kier alpha value is -3.75. The number of methoxy groups -OCH3 is 1. The van der Waals surface area contributed by atoms with E-state index in [2.05, 4.69) is 10.1 Å². The molecule has 0 aliphatic carbocycles.